The number of hydrogen-bond donors (Lipinski definition) is 0. The molecule has 0 N–H and O–H groups in total. The van der Waals surface area contributed by atoms with E-state index in [1.807, 2.05) is 0 Å². The van der Waals surface area contributed by atoms with Crippen LogP contribution in [-0.2, 0) is 0 Å². The molecule has 0 radical (unpaired) electrons. The van der Waals surface area contributed by atoms with Crippen LogP contribution < -0.4 is 15.9 Å². The third-order valence-electron chi connectivity index (χ3n) is 4.03. The number of halogens is 1. The first-order valence-corrected chi connectivity index (χ1v) is 10.1. The van der Waals surface area contributed by atoms with Crippen LogP contribution in [0.1, 0.15) is 0 Å². The van der Waals surface area contributed by atoms with Crippen molar-refractivity contribution in [2.75, 3.05) is 0 Å². The number of rotatable bonds is 4. The molecule has 0 bridgehead atoms. The average Bonchev–Trinajstić information content (AvgIpc) is 2.58. The van der Waals surface area contributed by atoms with Crippen molar-refractivity contribution >= 4 is 39.1 Å². The van der Waals surface area contributed by atoms with Gasteiger partial charge >= 0.3 is 141 Å². The number of hydrogen-bond acceptors (Lipinski definition) is 0. The molecule has 0 spiro atoms. The first kappa shape index (κ1) is 15.2. The van der Waals surface area contributed by atoms with Gasteiger partial charge in [0, 0.05) is 0 Å². The summed E-state index contributed by atoms with van der Waals surface area (Å²) in [6.07, 6.45) is 0. The van der Waals surface area contributed by atoms with Crippen molar-refractivity contribution in [1.82, 2.24) is 0 Å². The molecule has 3 rings (SSSR count). The fourth-order valence-corrected chi connectivity index (χ4v) is 9.11. The zero-order chi connectivity index (χ0) is 15.4. The van der Waals surface area contributed by atoms with Gasteiger partial charge in [-0.25, -0.2) is 0 Å². The standard InChI is InChI=1S/C20H18BrP/c1-17(21)22(18-11-5-2-6-12-18,19-13-7-3-8-14-19)20-15-9-4-10-16-20/h2-16,22H,1H2. The van der Waals surface area contributed by atoms with E-state index in [1.54, 1.807) is 0 Å². The molecule has 3 aromatic carbocycles. The van der Waals surface area contributed by atoms with Gasteiger partial charge in [0.1, 0.15) is 0 Å². The summed E-state index contributed by atoms with van der Waals surface area (Å²) in [7, 11) is -2.28. The molecule has 0 heterocycles. The maximum absolute atomic E-state index is 4.34. The summed E-state index contributed by atoms with van der Waals surface area (Å²) in [5.74, 6) is 0. The molecule has 110 valence electrons. The van der Waals surface area contributed by atoms with Gasteiger partial charge in [0.25, 0.3) is 0 Å². The molecule has 0 aliphatic rings. The summed E-state index contributed by atoms with van der Waals surface area (Å²) < 4.78 is 1.07. The van der Waals surface area contributed by atoms with E-state index in [4.69, 9.17) is 0 Å². The average molecular weight is 369 g/mol. The molecule has 22 heavy (non-hydrogen) atoms. The molecule has 0 amide bonds. The minimum absolute atomic E-state index is 1.07. The Labute approximate surface area is 141 Å². The fourth-order valence-electron chi connectivity index (χ4n) is 3.03. The predicted octanol–water partition coefficient (Wildman–Crippen LogP) is 4.58. The molecule has 0 saturated carbocycles. The Morgan fingerprint density at radius 2 is 0.864 bits per heavy atom. The number of benzene rings is 3. The van der Waals surface area contributed by atoms with Gasteiger partial charge in [0.2, 0.25) is 0 Å². The third kappa shape index (κ3) is 2.56. The Hall–Kier alpha value is -1.69. The normalized spacial score (nSPS) is 11.9. The zero-order valence-corrected chi connectivity index (χ0v) is 14.8. The Morgan fingerprint density at radius 1 is 0.591 bits per heavy atom. The van der Waals surface area contributed by atoms with E-state index in [2.05, 4.69) is 114 Å². The van der Waals surface area contributed by atoms with Crippen molar-refractivity contribution < 1.29 is 0 Å². The molecular weight excluding hydrogens is 351 g/mol. The van der Waals surface area contributed by atoms with E-state index >= 15 is 0 Å². The van der Waals surface area contributed by atoms with Crippen molar-refractivity contribution in [1.29, 1.82) is 0 Å². The molecule has 0 aliphatic carbocycles. The summed E-state index contributed by atoms with van der Waals surface area (Å²) in [6.45, 7) is 4.34. The Kier molecular flexibility index (Phi) is 4.57. The molecule has 0 aliphatic heterocycles. The summed E-state index contributed by atoms with van der Waals surface area (Å²) >= 11 is 3.78. The molecule has 0 nitrogen and oxygen atoms in total. The van der Waals surface area contributed by atoms with Crippen LogP contribution in [0.15, 0.2) is 102 Å². The zero-order valence-electron chi connectivity index (χ0n) is 12.2. The Morgan fingerprint density at radius 3 is 1.09 bits per heavy atom. The summed E-state index contributed by atoms with van der Waals surface area (Å²) in [5, 5.41) is 4.03. The topological polar surface area (TPSA) is 0 Å². The van der Waals surface area contributed by atoms with E-state index < -0.39 is 7.26 Å². The van der Waals surface area contributed by atoms with Gasteiger partial charge in [-0.3, -0.25) is 0 Å². The van der Waals surface area contributed by atoms with Crippen molar-refractivity contribution in [3.63, 3.8) is 0 Å². The molecule has 0 saturated heterocycles. The second-order valence-electron chi connectivity index (χ2n) is 5.25. The second-order valence-corrected chi connectivity index (χ2v) is 10.8. The first-order chi connectivity index (χ1) is 10.8. The van der Waals surface area contributed by atoms with Crippen LogP contribution in [0.3, 0.4) is 0 Å². The van der Waals surface area contributed by atoms with Crippen LogP contribution in [-0.4, -0.2) is 0 Å². The van der Waals surface area contributed by atoms with Gasteiger partial charge in [-0.1, -0.05) is 0 Å². The molecule has 2 heteroatoms. The van der Waals surface area contributed by atoms with Crippen LogP contribution in [0.4, 0.5) is 0 Å². The van der Waals surface area contributed by atoms with Crippen LogP contribution in [0.5, 0.6) is 0 Å². The third-order valence-corrected chi connectivity index (χ3v) is 10.2. The van der Waals surface area contributed by atoms with Crippen molar-refractivity contribution in [2.24, 2.45) is 0 Å². The quantitative estimate of drug-likeness (QED) is 0.591. The van der Waals surface area contributed by atoms with Crippen LogP contribution in [0.2, 0.25) is 0 Å². The van der Waals surface area contributed by atoms with Gasteiger partial charge < -0.3 is 0 Å². The molecule has 0 atom stereocenters. The van der Waals surface area contributed by atoms with Crippen LogP contribution in [0, 0.1) is 0 Å². The monoisotopic (exact) mass is 368 g/mol. The molecule has 0 unspecified atom stereocenters. The predicted molar refractivity (Wildman–Crippen MR) is 105 cm³/mol. The SMILES string of the molecule is C=C(Br)[PH](c1ccccc1)(c1ccccc1)c1ccccc1. The van der Waals surface area contributed by atoms with Gasteiger partial charge in [-0.2, -0.15) is 0 Å². The van der Waals surface area contributed by atoms with E-state index in [1.165, 1.54) is 15.9 Å². The van der Waals surface area contributed by atoms with Gasteiger partial charge in [0.15, 0.2) is 0 Å². The van der Waals surface area contributed by atoms with E-state index in [-0.39, 0.29) is 0 Å². The van der Waals surface area contributed by atoms with Crippen molar-refractivity contribution in [3.8, 4) is 0 Å². The van der Waals surface area contributed by atoms with Gasteiger partial charge in [-0.05, 0) is 0 Å². The fraction of sp³-hybridized carbons (Fsp3) is 0. The molecular formula is C20H18BrP. The second kappa shape index (κ2) is 6.60. The van der Waals surface area contributed by atoms with Crippen LogP contribution >= 0.6 is 23.2 Å². The minimum atomic E-state index is -2.28. The summed E-state index contributed by atoms with van der Waals surface area (Å²) in [6, 6.07) is 32.2. The summed E-state index contributed by atoms with van der Waals surface area (Å²) in [5.41, 5.74) is 0. The van der Waals surface area contributed by atoms with Crippen molar-refractivity contribution in [2.45, 2.75) is 0 Å². The first-order valence-electron chi connectivity index (χ1n) is 7.27. The molecule has 3 aromatic rings. The van der Waals surface area contributed by atoms with Crippen LogP contribution in [0.25, 0.3) is 0 Å². The van der Waals surface area contributed by atoms with E-state index in [9.17, 15) is 0 Å². The molecule has 0 aromatic heterocycles. The Bertz CT molecular complexity index is 655. The van der Waals surface area contributed by atoms with Crippen molar-refractivity contribution in [3.05, 3.63) is 102 Å². The van der Waals surface area contributed by atoms with E-state index in [0.717, 1.165) is 4.22 Å². The van der Waals surface area contributed by atoms with E-state index in [0.29, 0.717) is 0 Å². The van der Waals surface area contributed by atoms with Gasteiger partial charge in [-0.15, -0.1) is 0 Å². The van der Waals surface area contributed by atoms with Gasteiger partial charge in [0.05, 0.1) is 0 Å². The summed E-state index contributed by atoms with van der Waals surface area (Å²) in [4.78, 5) is 0. The Balaban J connectivity index is 2.37. The molecule has 0 fully saturated rings. The maximum atomic E-state index is 4.34.